The van der Waals surface area contributed by atoms with Crippen molar-refractivity contribution < 1.29 is 9.53 Å². The number of fused-ring (bicyclic) bond motifs is 1. The van der Waals surface area contributed by atoms with E-state index in [1.807, 2.05) is 18.2 Å². The molecule has 4 rings (SSSR count). The van der Waals surface area contributed by atoms with E-state index in [0.29, 0.717) is 13.2 Å². The van der Waals surface area contributed by atoms with Gasteiger partial charge in [0.05, 0.1) is 11.5 Å². The number of amides is 1. The van der Waals surface area contributed by atoms with E-state index in [9.17, 15) is 4.79 Å². The van der Waals surface area contributed by atoms with Crippen LogP contribution in [0.15, 0.2) is 54.6 Å². The number of hydrogen-bond donors (Lipinski definition) is 1. The van der Waals surface area contributed by atoms with Crippen LogP contribution >= 0.6 is 0 Å². The Hall–Kier alpha value is -2.13. The van der Waals surface area contributed by atoms with Crippen LogP contribution in [0.3, 0.4) is 0 Å². The van der Waals surface area contributed by atoms with Crippen molar-refractivity contribution in [3.63, 3.8) is 0 Å². The van der Waals surface area contributed by atoms with Crippen LogP contribution < -0.4 is 5.32 Å². The van der Waals surface area contributed by atoms with Crippen LogP contribution in [-0.2, 0) is 21.4 Å². The van der Waals surface area contributed by atoms with Gasteiger partial charge in [-0.25, -0.2) is 0 Å². The molecule has 25 heavy (non-hydrogen) atoms. The van der Waals surface area contributed by atoms with Gasteiger partial charge in [0, 0.05) is 13.2 Å². The molecule has 0 bridgehead atoms. The van der Waals surface area contributed by atoms with Crippen LogP contribution in [0, 0.1) is 0 Å². The summed E-state index contributed by atoms with van der Waals surface area (Å²) in [6, 6.07) is 18.9. The van der Waals surface area contributed by atoms with Gasteiger partial charge in [0.25, 0.3) is 0 Å². The molecule has 1 amide bonds. The van der Waals surface area contributed by atoms with Crippen LogP contribution in [-0.4, -0.2) is 19.1 Å². The van der Waals surface area contributed by atoms with Gasteiger partial charge in [-0.15, -0.1) is 0 Å². The Morgan fingerprint density at radius 3 is 2.52 bits per heavy atom. The van der Waals surface area contributed by atoms with E-state index < -0.39 is 5.41 Å². The molecule has 0 radical (unpaired) electrons. The number of aryl methyl sites for hydroxylation is 1. The molecule has 3 heteroatoms. The SMILES string of the molecule is O=C(NC1CCCc2ccccc21)C1(c2ccccc2)CCOCC1. The van der Waals surface area contributed by atoms with E-state index >= 15 is 0 Å². The number of ether oxygens (including phenoxy) is 1. The molecule has 1 unspecified atom stereocenters. The molecule has 1 aliphatic carbocycles. The van der Waals surface area contributed by atoms with Gasteiger partial charge in [-0.3, -0.25) is 4.79 Å². The lowest BCUT2D eigenvalue weighted by Gasteiger charge is -2.38. The number of carbonyl (C=O) groups is 1. The molecule has 1 heterocycles. The van der Waals surface area contributed by atoms with E-state index in [2.05, 4.69) is 41.7 Å². The first-order chi connectivity index (χ1) is 12.3. The second-order valence-corrected chi connectivity index (χ2v) is 7.18. The Labute approximate surface area is 149 Å². The smallest absolute Gasteiger partial charge is 0.231 e. The molecular weight excluding hydrogens is 310 g/mol. The number of nitrogens with one attached hydrogen (secondary N) is 1. The highest BCUT2D eigenvalue weighted by atomic mass is 16.5. The first-order valence-corrected chi connectivity index (χ1v) is 9.32. The number of rotatable bonds is 3. The first-order valence-electron chi connectivity index (χ1n) is 9.32. The summed E-state index contributed by atoms with van der Waals surface area (Å²) in [5.41, 5.74) is 3.31. The fourth-order valence-corrected chi connectivity index (χ4v) is 4.32. The van der Waals surface area contributed by atoms with E-state index in [0.717, 1.165) is 37.7 Å². The zero-order valence-corrected chi connectivity index (χ0v) is 14.5. The minimum absolute atomic E-state index is 0.126. The first kappa shape index (κ1) is 16.3. The number of hydrogen-bond acceptors (Lipinski definition) is 2. The second kappa shape index (κ2) is 7.01. The highest BCUT2D eigenvalue weighted by Gasteiger charge is 2.42. The molecule has 1 N–H and O–H groups in total. The summed E-state index contributed by atoms with van der Waals surface area (Å²) in [4.78, 5) is 13.4. The standard InChI is InChI=1S/C22H25NO2/c24-21(23-20-12-6-8-17-7-4-5-11-19(17)20)22(13-15-25-16-14-22)18-9-2-1-3-10-18/h1-5,7,9-11,20H,6,8,12-16H2,(H,23,24). The van der Waals surface area contributed by atoms with Crippen molar-refractivity contribution in [2.24, 2.45) is 0 Å². The molecular formula is C22H25NO2. The van der Waals surface area contributed by atoms with E-state index in [-0.39, 0.29) is 11.9 Å². The molecule has 3 nitrogen and oxygen atoms in total. The van der Waals surface area contributed by atoms with Gasteiger partial charge in [-0.05, 0) is 48.8 Å². The van der Waals surface area contributed by atoms with E-state index in [1.54, 1.807) is 0 Å². The molecule has 0 spiro atoms. The van der Waals surface area contributed by atoms with Crippen LogP contribution in [0.5, 0.6) is 0 Å². The van der Waals surface area contributed by atoms with Gasteiger partial charge in [-0.1, -0.05) is 54.6 Å². The fourth-order valence-electron chi connectivity index (χ4n) is 4.32. The van der Waals surface area contributed by atoms with Crippen LogP contribution in [0.1, 0.15) is 48.4 Å². The zero-order valence-electron chi connectivity index (χ0n) is 14.5. The van der Waals surface area contributed by atoms with Gasteiger partial charge in [0.2, 0.25) is 5.91 Å². The molecule has 1 saturated heterocycles. The lowest BCUT2D eigenvalue weighted by Crippen LogP contribution is -2.49. The Balaban J connectivity index is 1.62. The largest absolute Gasteiger partial charge is 0.381 e. The summed E-state index contributed by atoms with van der Waals surface area (Å²) in [5, 5.41) is 3.39. The van der Waals surface area contributed by atoms with Crippen molar-refractivity contribution in [3.05, 3.63) is 71.3 Å². The van der Waals surface area contributed by atoms with Gasteiger partial charge in [0.1, 0.15) is 0 Å². The van der Waals surface area contributed by atoms with Crippen molar-refractivity contribution in [3.8, 4) is 0 Å². The number of benzene rings is 2. The lowest BCUT2D eigenvalue weighted by atomic mass is 9.73. The van der Waals surface area contributed by atoms with Crippen molar-refractivity contribution in [2.75, 3.05) is 13.2 Å². The molecule has 1 atom stereocenters. The minimum atomic E-state index is -0.466. The Morgan fingerprint density at radius 1 is 1.00 bits per heavy atom. The normalized spacial score (nSPS) is 22.0. The molecule has 2 aliphatic rings. The van der Waals surface area contributed by atoms with Gasteiger partial charge in [-0.2, -0.15) is 0 Å². The van der Waals surface area contributed by atoms with Crippen molar-refractivity contribution in [1.82, 2.24) is 5.32 Å². The predicted molar refractivity (Wildman–Crippen MR) is 98.4 cm³/mol. The average Bonchev–Trinajstić information content (AvgIpc) is 2.69. The van der Waals surface area contributed by atoms with Gasteiger partial charge < -0.3 is 10.1 Å². The van der Waals surface area contributed by atoms with Crippen LogP contribution in [0.2, 0.25) is 0 Å². The fraction of sp³-hybridized carbons (Fsp3) is 0.409. The highest BCUT2D eigenvalue weighted by molar-refractivity contribution is 5.88. The average molecular weight is 335 g/mol. The summed E-state index contributed by atoms with van der Waals surface area (Å²) < 4.78 is 5.56. The molecule has 1 aliphatic heterocycles. The van der Waals surface area contributed by atoms with Gasteiger partial charge >= 0.3 is 0 Å². The Kier molecular flexibility index (Phi) is 4.58. The lowest BCUT2D eigenvalue weighted by molar-refractivity contribution is -0.131. The van der Waals surface area contributed by atoms with Crippen molar-refractivity contribution in [2.45, 2.75) is 43.6 Å². The third kappa shape index (κ3) is 3.09. The number of carbonyl (C=O) groups excluding carboxylic acids is 1. The molecule has 0 saturated carbocycles. The summed E-state index contributed by atoms with van der Waals surface area (Å²) in [5.74, 6) is 0.156. The molecule has 1 fully saturated rings. The highest BCUT2D eigenvalue weighted by Crippen LogP contribution is 2.37. The Morgan fingerprint density at radius 2 is 1.72 bits per heavy atom. The van der Waals surface area contributed by atoms with E-state index in [4.69, 9.17) is 4.74 Å². The zero-order chi connectivity index (χ0) is 17.1. The van der Waals surface area contributed by atoms with Crippen LogP contribution in [0.4, 0.5) is 0 Å². The summed E-state index contributed by atoms with van der Waals surface area (Å²) in [6.45, 7) is 1.28. The third-order valence-corrected chi connectivity index (χ3v) is 5.78. The Bertz CT molecular complexity index is 735. The van der Waals surface area contributed by atoms with Gasteiger partial charge in [0.15, 0.2) is 0 Å². The van der Waals surface area contributed by atoms with Crippen molar-refractivity contribution >= 4 is 5.91 Å². The topological polar surface area (TPSA) is 38.3 Å². The maximum absolute atomic E-state index is 13.4. The quantitative estimate of drug-likeness (QED) is 0.923. The second-order valence-electron chi connectivity index (χ2n) is 7.18. The maximum atomic E-state index is 13.4. The molecule has 130 valence electrons. The molecule has 2 aromatic rings. The third-order valence-electron chi connectivity index (χ3n) is 5.78. The molecule has 2 aromatic carbocycles. The predicted octanol–water partition coefficient (Wildman–Crippen LogP) is 3.93. The van der Waals surface area contributed by atoms with E-state index in [1.165, 1.54) is 11.1 Å². The molecule has 0 aromatic heterocycles. The van der Waals surface area contributed by atoms with Crippen molar-refractivity contribution in [1.29, 1.82) is 0 Å². The maximum Gasteiger partial charge on any atom is 0.231 e. The summed E-state index contributed by atoms with van der Waals surface area (Å²) >= 11 is 0. The monoisotopic (exact) mass is 335 g/mol. The minimum Gasteiger partial charge on any atom is -0.381 e. The summed E-state index contributed by atoms with van der Waals surface area (Å²) in [6.07, 6.45) is 4.75. The summed E-state index contributed by atoms with van der Waals surface area (Å²) in [7, 11) is 0. The van der Waals surface area contributed by atoms with Crippen LogP contribution in [0.25, 0.3) is 0 Å².